The summed E-state index contributed by atoms with van der Waals surface area (Å²) < 4.78 is 5.88. The van der Waals surface area contributed by atoms with E-state index in [0.717, 1.165) is 0 Å². The summed E-state index contributed by atoms with van der Waals surface area (Å²) in [6, 6.07) is 8.65. The van der Waals surface area contributed by atoms with Crippen molar-refractivity contribution in [3.8, 4) is 5.88 Å². The minimum absolute atomic E-state index is 0.0462. The van der Waals surface area contributed by atoms with Crippen molar-refractivity contribution in [3.05, 3.63) is 74.7 Å². The van der Waals surface area contributed by atoms with Crippen LogP contribution in [0.4, 0.5) is 0 Å². The minimum atomic E-state index is -1.11. The van der Waals surface area contributed by atoms with E-state index < -0.39 is 29.3 Å². The molecular formula is C19H15ClN2O6. The molecule has 0 saturated heterocycles. The predicted octanol–water partition coefficient (Wildman–Crippen LogP) is 2.45. The number of carbonyl (C=O) groups is 2. The van der Waals surface area contributed by atoms with E-state index >= 15 is 0 Å². The van der Waals surface area contributed by atoms with Gasteiger partial charge >= 0.3 is 11.9 Å². The number of hydrogen-bond donors (Lipinski definition) is 2. The number of carboxylic acids is 1. The van der Waals surface area contributed by atoms with Gasteiger partial charge in [0.1, 0.15) is 5.65 Å². The molecule has 0 fully saturated rings. The molecule has 2 N–H and O–H groups in total. The molecule has 9 heteroatoms. The molecule has 2 heterocycles. The lowest BCUT2D eigenvalue weighted by molar-refractivity contribution is -0.140. The monoisotopic (exact) mass is 402 g/mol. The fraction of sp³-hybridized carbons (Fsp3) is 0.158. The lowest BCUT2D eigenvalue weighted by Gasteiger charge is -2.18. The van der Waals surface area contributed by atoms with Crippen LogP contribution in [0.15, 0.2) is 47.4 Å². The number of aromatic carboxylic acids is 1. The van der Waals surface area contributed by atoms with Crippen molar-refractivity contribution in [1.82, 2.24) is 9.38 Å². The van der Waals surface area contributed by atoms with E-state index in [2.05, 4.69) is 4.98 Å². The Labute approximate surface area is 163 Å². The molecule has 0 amide bonds. The van der Waals surface area contributed by atoms with E-state index in [0.29, 0.717) is 10.6 Å². The molecule has 0 aliphatic carbocycles. The second-order valence-corrected chi connectivity index (χ2v) is 6.43. The maximum absolute atomic E-state index is 13.0. The normalized spacial score (nSPS) is 11.9. The second kappa shape index (κ2) is 7.69. The number of halogens is 1. The van der Waals surface area contributed by atoms with Crippen LogP contribution in [-0.4, -0.2) is 38.6 Å². The number of benzene rings is 1. The Bertz CT molecular complexity index is 1120. The summed E-state index contributed by atoms with van der Waals surface area (Å²) in [5.74, 6) is -3.14. The third-order valence-corrected chi connectivity index (χ3v) is 4.53. The first kappa shape index (κ1) is 19.4. The van der Waals surface area contributed by atoms with Crippen LogP contribution < -0.4 is 5.56 Å². The van der Waals surface area contributed by atoms with Gasteiger partial charge < -0.3 is 14.9 Å². The van der Waals surface area contributed by atoms with Crippen molar-refractivity contribution >= 4 is 29.2 Å². The minimum Gasteiger partial charge on any atom is -0.493 e. The Morgan fingerprint density at radius 1 is 1.21 bits per heavy atom. The van der Waals surface area contributed by atoms with E-state index in [1.165, 1.54) is 54.1 Å². The smallest absolute Gasteiger partial charge is 0.335 e. The molecule has 3 rings (SSSR count). The van der Waals surface area contributed by atoms with Gasteiger partial charge in [0.25, 0.3) is 5.56 Å². The van der Waals surface area contributed by atoms with Crippen molar-refractivity contribution in [2.45, 2.75) is 12.3 Å². The van der Waals surface area contributed by atoms with E-state index in [9.17, 15) is 19.5 Å². The Kier molecular flexibility index (Phi) is 5.32. The van der Waals surface area contributed by atoms with Crippen LogP contribution in [0.5, 0.6) is 5.88 Å². The van der Waals surface area contributed by atoms with Gasteiger partial charge in [-0.15, -0.1) is 0 Å². The number of aromatic nitrogens is 2. The Hall–Kier alpha value is -3.39. The highest BCUT2D eigenvalue weighted by Crippen LogP contribution is 2.31. The quantitative estimate of drug-likeness (QED) is 0.629. The molecule has 144 valence electrons. The van der Waals surface area contributed by atoms with Gasteiger partial charge in [-0.2, -0.15) is 4.98 Å². The Morgan fingerprint density at radius 2 is 1.89 bits per heavy atom. The summed E-state index contributed by atoms with van der Waals surface area (Å²) in [4.78, 5) is 40.0. The summed E-state index contributed by atoms with van der Waals surface area (Å²) in [6.45, 7) is 0. The first-order valence-electron chi connectivity index (χ1n) is 8.12. The SMILES string of the molecule is COC(=O)C[C@H](c1ccc(C(=O)O)cc1)c1c(O)nc2ccc(Cl)cn2c1=O. The molecule has 0 saturated carbocycles. The molecule has 0 unspecified atom stereocenters. The summed E-state index contributed by atoms with van der Waals surface area (Å²) in [6.07, 6.45) is 1.11. The van der Waals surface area contributed by atoms with Gasteiger partial charge in [0.05, 0.1) is 29.7 Å². The number of pyridine rings is 1. The zero-order valence-corrected chi connectivity index (χ0v) is 15.4. The third-order valence-electron chi connectivity index (χ3n) is 4.31. The number of ether oxygens (including phenoxy) is 1. The number of esters is 1. The molecule has 0 radical (unpaired) electrons. The third kappa shape index (κ3) is 3.67. The Balaban J connectivity index is 2.21. The van der Waals surface area contributed by atoms with E-state index in [1.807, 2.05) is 0 Å². The Morgan fingerprint density at radius 3 is 2.50 bits per heavy atom. The molecule has 8 nitrogen and oxygen atoms in total. The molecule has 3 aromatic rings. The van der Waals surface area contributed by atoms with Crippen molar-refractivity contribution in [2.24, 2.45) is 0 Å². The summed E-state index contributed by atoms with van der Waals surface area (Å²) >= 11 is 5.95. The molecule has 0 aliphatic heterocycles. The number of nitrogens with zero attached hydrogens (tertiary/aromatic N) is 2. The van der Waals surface area contributed by atoms with Crippen LogP contribution in [-0.2, 0) is 9.53 Å². The number of fused-ring (bicyclic) bond motifs is 1. The highest BCUT2D eigenvalue weighted by Gasteiger charge is 2.27. The molecule has 1 aromatic carbocycles. The van der Waals surface area contributed by atoms with Crippen LogP contribution >= 0.6 is 11.6 Å². The van der Waals surface area contributed by atoms with Crippen molar-refractivity contribution in [2.75, 3.05) is 7.11 Å². The van der Waals surface area contributed by atoms with E-state index in [1.54, 1.807) is 0 Å². The van der Waals surface area contributed by atoms with Gasteiger partial charge in [0.2, 0.25) is 5.88 Å². The van der Waals surface area contributed by atoms with Crippen LogP contribution in [0.1, 0.15) is 33.8 Å². The molecular weight excluding hydrogens is 388 g/mol. The van der Waals surface area contributed by atoms with Gasteiger partial charge in [-0.05, 0) is 29.8 Å². The zero-order valence-electron chi connectivity index (χ0n) is 14.6. The highest BCUT2D eigenvalue weighted by molar-refractivity contribution is 6.30. The molecule has 0 spiro atoms. The maximum Gasteiger partial charge on any atom is 0.335 e. The van der Waals surface area contributed by atoms with E-state index in [-0.39, 0.29) is 23.2 Å². The topological polar surface area (TPSA) is 118 Å². The number of carbonyl (C=O) groups excluding carboxylic acids is 1. The molecule has 1 atom stereocenters. The number of hydrogen-bond acceptors (Lipinski definition) is 6. The van der Waals surface area contributed by atoms with Crippen LogP contribution in [0, 0.1) is 0 Å². The molecule has 28 heavy (non-hydrogen) atoms. The average Bonchev–Trinajstić information content (AvgIpc) is 2.67. The van der Waals surface area contributed by atoms with Crippen LogP contribution in [0.2, 0.25) is 5.02 Å². The van der Waals surface area contributed by atoms with Gasteiger partial charge in [0.15, 0.2) is 0 Å². The fourth-order valence-corrected chi connectivity index (χ4v) is 3.07. The van der Waals surface area contributed by atoms with Crippen LogP contribution in [0.25, 0.3) is 5.65 Å². The van der Waals surface area contributed by atoms with Crippen molar-refractivity contribution in [3.63, 3.8) is 0 Å². The summed E-state index contributed by atoms with van der Waals surface area (Å²) in [5.41, 5.74) is -0.0281. The molecule has 2 aromatic heterocycles. The number of aromatic hydroxyl groups is 1. The number of methoxy groups -OCH3 is 1. The molecule has 0 aliphatic rings. The first-order chi connectivity index (χ1) is 13.3. The first-order valence-corrected chi connectivity index (χ1v) is 8.50. The van der Waals surface area contributed by atoms with E-state index in [4.69, 9.17) is 21.4 Å². The standard InChI is InChI=1S/C19H15ClN2O6/c1-28-15(23)8-13(10-2-4-11(5-3-10)19(26)27)16-17(24)21-14-7-6-12(20)9-22(14)18(16)25/h2-7,9,13,24H,8H2,1H3,(H,26,27)/t13-/m1/s1. The average molecular weight is 403 g/mol. The van der Waals surface area contributed by atoms with Crippen molar-refractivity contribution in [1.29, 1.82) is 0 Å². The lowest BCUT2D eigenvalue weighted by Crippen LogP contribution is -2.24. The predicted molar refractivity (Wildman–Crippen MR) is 100 cm³/mol. The van der Waals surface area contributed by atoms with Gasteiger partial charge in [-0.25, -0.2) is 4.79 Å². The maximum atomic E-state index is 13.0. The van der Waals surface area contributed by atoms with Gasteiger partial charge in [-0.1, -0.05) is 23.7 Å². The summed E-state index contributed by atoms with van der Waals surface area (Å²) in [7, 11) is 1.21. The zero-order chi connectivity index (χ0) is 20.4. The number of carboxylic acid groups (broad SMARTS) is 1. The van der Waals surface area contributed by atoms with Crippen LogP contribution in [0.3, 0.4) is 0 Å². The highest BCUT2D eigenvalue weighted by atomic mass is 35.5. The second-order valence-electron chi connectivity index (χ2n) is 5.99. The fourth-order valence-electron chi connectivity index (χ4n) is 2.91. The van der Waals surface area contributed by atoms with Crippen molar-refractivity contribution < 1.29 is 24.5 Å². The van der Waals surface area contributed by atoms with Gasteiger partial charge in [0, 0.05) is 12.1 Å². The number of rotatable bonds is 5. The molecule has 0 bridgehead atoms. The summed E-state index contributed by atoms with van der Waals surface area (Å²) in [5, 5.41) is 19.8. The van der Waals surface area contributed by atoms with Gasteiger partial charge in [-0.3, -0.25) is 14.0 Å². The largest absolute Gasteiger partial charge is 0.493 e. The lowest BCUT2D eigenvalue weighted by atomic mass is 9.89.